The molecule has 0 spiro atoms. The fourth-order valence-corrected chi connectivity index (χ4v) is 2.54. The average Bonchev–Trinajstić information content (AvgIpc) is 2.61. The van der Waals surface area contributed by atoms with Crippen molar-refractivity contribution < 1.29 is 0 Å². The summed E-state index contributed by atoms with van der Waals surface area (Å²) in [5.41, 5.74) is 9.02. The third-order valence-corrected chi connectivity index (χ3v) is 3.82. The van der Waals surface area contributed by atoms with Crippen LogP contribution in [-0.2, 0) is 0 Å². The summed E-state index contributed by atoms with van der Waals surface area (Å²) >= 11 is 0. The first-order chi connectivity index (χ1) is 12.0. The van der Waals surface area contributed by atoms with Crippen LogP contribution in [0.5, 0.6) is 0 Å². The Morgan fingerprint density at radius 2 is 1.84 bits per heavy atom. The molecule has 25 heavy (non-hydrogen) atoms. The molecule has 0 saturated carbocycles. The minimum absolute atomic E-state index is 0.0384. The zero-order valence-corrected chi connectivity index (χ0v) is 14.3. The maximum absolute atomic E-state index is 12.0. The van der Waals surface area contributed by atoms with Gasteiger partial charge in [-0.2, -0.15) is 0 Å². The molecule has 2 N–H and O–H groups in total. The van der Waals surface area contributed by atoms with Gasteiger partial charge in [-0.3, -0.25) is 9.78 Å². The Morgan fingerprint density at radius 3 is 2.56 bits per heavy atom. The highest BCUT2D eigenvalue weighted by atomic mass is 16.1. The molecule has 0 bridgehead atoms. The van der Waals surface area contributed by atoms with Crippen LogP contribution in [-0.4, -0.2) is 14.5 Å². The molecule has 2 aromatic heterocycles. The molecule has 0 aliphatic carbocycles. The van der Waals surface area contributed by atoms with Gasteiger partial charge >= 0.3 is 0 Å². The Kier molecular flexibility index (Phi) is 4.75. The van der Waals surface area contributed by atoms with Gasteiger partial charge in [0.1, 0.15) is 5.82 Å². The standard InChI is InChI=1S/C20H20N4O/c1-14(2)24-13-16(9-11-19(24)25)20-17(23-18(21)12-22-20)10-8-15-6-4-3-5-7-15/h3-14H,1-2H3,(H2,21,23)/b10-8+. The summed E-state index contributed by atoms with van der Waals surface area (Å²) < 4.78 is 1.68. The van der Waals surface area contributed by atoms with Crippen LogP contribution in [0.25, 0.3) is 23.4 Å². The quantitative estimate of drug-likeness (QED) is 0.791. The van der Waals surface area contributed by atoms with Crippen molar-refractivity contribution in [3.8, 4) is 11.3 Å². The maximum atomic E-state index is 12.0. The number of nitrogens with two attached hydrogens (primary N) is 1. The number of benzene rings is 1. The number of pyridine rings is 1. The molecule has 3 rings (SSSR count). The third kappa shape index (κ3) is 3.83. The Morgan fingerprint density at radius 1 is 1.08 bits per heavy atom. The van der Waals surface area contributed by atoms with Crippen molar-refractivity contribution in [2.75, 3.05) is 5.73 Å². The third-order valence-electron chi connectivity index (χ3n) is 3.82. The van der Waals surface area contributed by atoms with Crippen LogP contribution in [0.1, 0.15) is 31.1 Å². The van der Waals surface area contributed by atoms with E-state index in [4.69, 9.17) is 5.73 Å². The Labute approximate surface area is 146 Å². The van der Waals surface area contributed by atoms with Crippen molar-refractivity contribution in [2.24, 2.45) is 0 Å². The molecule has 0 fully saturated rings. The number of nitrogens with zero attached hydrogens (tertiary/aromatic N) is 3. The van der Waals surface area contributed by atoms with Crippen molar-refractivity contribution in [3.63, 3.8) is 0 Å². The van der Waals surface area contributed by atoms with Crippen LogP contribution in [0, 0.1) is 0 Å². The maximum Gasteiger partial charge on any atom is 0.250 e. The van der Waals surface area contributed by atoms with Crippen molar-refractivity contribution in [2.45, 2.75) is 19.9 Å². The topological polar surface area (TPSA) is 73.8 Å². The Bertz CT molecular complexity index is 959. The van der Waals surface area contributed by atoms with E-state index in [-0.39, 0.29) is 11.6 Å². The molecule has 0 aliphatic heterocycles. The number of anilines is 1. The molecule has 2 heterocycles. The summed E-state index contributed by atoms with van der Waals surface area (Å²) in [5.74, 6) is 0.355. The predicted molar refractivity (Wildman–Crippen MR) is 102 cm³/mol. The van der Waals surface area contributed by atoms with Crippen LogP contribution in [0.3, 0.4) is 0 Å². The van der Waals surface area contributed by atoms with E-state index >= 15 is 0 Å². The van der Waals surface area contributed by atoms with Crippen LogP contribution in [0.4, 0.5) is 5.82 Å². The summed E-state index contributed by atoms with van der Waals surface area (Å²) in [5, 5.41) is 0. The zero-order valence-electron chi connectivity index (χ0n) is 14.3. The molecular formula is C20H20N4O. The largest absolute Gasteiger partial charge is 0.382 e. The summed E-state index contributed by atoms with van der Waals surface area (Å²) in [4.78, 5) is 20.8. The first-order valence-electron chi connectivity index (χ1n) is 8.13. The summed E-state index contributed by atoms with van der Waals surface area (Å²) in [6, 6.07) is 13.3. The Hall–Kier alpha value is -3.21. The van der Waals surface area contributed by atoms with Crippen LogP contribution >= 0.6 is 0 Å². The first kappa shape index (κ1) is 16.6. The zero-order chi connectivity index (χ0) is 17.8. The number of nitrogen functional groups attached to an aromatic ring is 1. The monoisotopic (exact) mass is 332 g/mol. The molecule has 3 aromatic rings. The summed E-state index contributed by atoms with van der Waals surface area (Å²) in [7, 11) is 0. The van der Waals surface area contributed by atoms with Crippen molar-refractivity contribution in [1.29, 1.82) is 0 Å². The lowest BCUT2D eigenvalue weighted by atomic mass is 10.1. The van der Waals surface area contributed by atoms with Gasteiger partial charge in [0.25, 0.3) is 5.56 Å². The number of rotatable bonds is 4. The number of hydrogen-bond acceptors (Lipinski definition) is 4. The van der Waals surface area contributed by atoms with E-state index in [0.29, 0.717) is 17.2 Å². The van der Waals surface area contributed by atoms with Crippen molar-refractivity contribution in [1.82, 2.24) is 14.5 Å². The summed E-state index contributed by atoms with van der Waals surface area (Å²) in [6.07, 6.45) is 7.19. The highest BCUT2D eigenvalue weighted by molar-refractivity contribution is 5.77. The fraction of sp³-hybridized carbons (Fsp3) is 0.150. The molecule has 0 amide bonds. The number of aromatic nitrogens is 3. The predicted octanol–water partition coefficient (Wildman–Crippen LogP) is 3.64. The van der Waals surface area contributed by atoms with Gasteiger partial charge in [-0.05, 0) is 31.6 Å². The van der Waals surface area contributed by atoms with Gasteiger partial charge in [-0.15, -0.1) is 0 Å². The lowest BCUT2D eigenvalue weighted by Gasteiger charge is -2.12. The van der Waals surface area contributed by atoms with Crippen LogP contribution in [0.15, 0.2) is 59.7 Å². The molecule has 126 valence electrons. The van der Waals surface area contributed by atoms with E-state index in [2.05, 4.69) is 9.97 Å². The van der Waals surface area contributed by atoms with E-state index in [9.17, 15) is 4.79 Å². The van der Waals surface area contributed by atoms with Gasteiger partial charge in [-0.1, -0.05) is 36.4 Å². The smallest absolute Gasteiger partial charge is 0.250 e. The van der Waals surface area contributed by atoms with E-state index < -0.39 is 0 Å². The second-order valence-electron chi connectivity index (χ2n) is 6.03. The minimum Gasteiger partial charge on any atom is -0.382 e. The lowest BCUT2D eigenvalue weighted by Crippen LogP contribution is -2.20. The molecule has 5 nitrogen and oxygen atoms in total. The van der Waals surface area contributed by atoms with Gasteiger partial charge in [0.15, 0.2) is 0 Å². The highest BCUT2D eigenvalue weighted by Gasteiger charge is 2.10. The van der Waals surface area contributed by atoms with E-state index in [1.54, 1.807) is 16.7 Å². The second kappa shape index (κ2) is 7.13. The lowest BCUT2D eigenvalue weighted by molar-refractivity contribution is 0.579. The normalized spacial score (nSPS) is 11.3. The number of hydrogen-bond donors (Lipinski definition) is 1. The SMILES string of the molecule is CC(C)n1cc(-c2ncc(N)nc2/C=C/c2ccccc2)ccc1=O. The average molecular weight is 332 g/mol. The molecule has 5 heteroatoms. The Balaban J connectivity index is 2.07. The van der Waals surface area contributed by atoms with Gasteiger partial charge in [-0.25, -0.2) is 4.98 Å². The van der Waals surface area contributed by atoms with E-state index in [1.807, 2.05) is 62.5 Å². The summed E-state index contributed by atoms with van der Waals surface area (Å²) in [6.45, 7) is 3.94. The van der Waals surface area contributed by atoms with Gasteiger partial charge < -0.3 is 10.3 Å². The first-order valence-corrected chi connectivity index (χ1v) is 8.13. The van der Waals surface area contributed by atoms with Crippen LogP contribution in [0.2, 0.25) is 0 Å². The molecule has 1 aromatic carbocycles. The fourth-order valence-electron chi connectivity index (χ4n) is 2.54. The highest BCUT2D eigenvalue weighted by Crippen LogP contribution is 2.22. The second-order valence-corrected chi connectivity index (χ2v) is 6.03. The van der Waals surface area contributed by atoms with E-state index in [1.165, 1.54) is 6.20 Å². The molecule has 0 radical (unpaired) electrons. The van der Waals surface area contributed by atoms with Gasteiger partial charge in [0, 0.05) is 23.9 Å². The van der Waals surface area contributed by atoms with Gasteiger partial charge in [0.05, 0.1) is 17.6 Å². The van der Waals surface area contributed by atoms with Gasteiger partial charge in [0.2, 0.25) is 0 Å². The molecular weight excluding hydrogens is 312 g/mol. The van der Waals surface area contributed by atoms with Crippen molar-refractivity contribution >= 4 is 18.0 Å². The molecule has 0 unspecified atom stereocenters. The molecule has 0 aliphatic rings. The molecule has 0 saturated heterocycles. The van der Waals surface area contributed by atoms with Crippen LogP contribution < -0.4 is 11.3 Å². The van der Waals surface area contributed by atoms with E-state index in [0.717, 1.165) is 11.1 Å². The molecule has 0 atom stereocenters. The van der Waals surface area contributed by atoms with Crippen molar-refractivity contribution in [3.05, 3.63) is 76.5 Å². The minimum atomic E-state index is -0.0384.